The highest BCUT2D eigenvalue weighted by molar-refractivity contribution is 6.01. The number of carboxylic acid groups (broad SMARTS) is 1. The van der Waals surface area contributed by atoms with Crippen LogP contribution in [0.5, 0.6) is 0 Å². The summed E-state index contributed by atoms with van der Waals surface area (Å²) in [5.41, 5.74) is 16.4. The van der Waals surface area contributed by atoms with E-state index in [9.17, 15) is 19.5 Å². The minimum Gasteiger partial charge on any atom is -0.481 e. The quantitative estimate of drug-likeness (QED) is 0.502. The predicted octanol–water partition coefficient (Wildman–Crippen LogP) is 1.95. The van der Waals surface area contributed by atoms with Gasteiger partial charge < -0.3 is 21.5 Å². The Morgan fingerprint density at radius 1 is 1.09 bits per heavy atom. The first-order chi connectivity index (χ1) is 15.8. The molecule has 174 valence electrons. The lowest BCUT2D eigenvalue weighted by atomic mass is 9.92. The first-order valence-corrected chi connectivity index (χ1v) is 11.6. The van der Waals surface area contributed by atoms with E-state index in [1.54, 1.807) is 11.0 Å². The molecule has 7 nitrogen and oxygen atoms in total. The van der Waals surface area contributed by atoms with Gasteiger partial charge in [-0.3, -0.25) is 14.4 Å². The minimum absolute atomic E-state index is 0.0726. The molecule has 1 fully saturated rings. The molecule has 33 heavy (non-hydrogen) atoms. The van der Waals surface area contributed by atoms with E-state index < -0.39 is 24.0 Å². The first kappa shape index (κ1) is 23.1. The Morgan fingerprint density at radius 2 is 1.82 bits per heavy atom. The summed E-state index contributed by atoms with van der Waals surface area (Å²) in [5, 5.41) is 9.25. The number of Topliss-reactive ketones (excluding diaryl/α,β-unsaturated/α-hetero) is 1. The maximum absolute atomic E-state index is 13.3. The summed E-state index contributed by atoms with van der Waals surface area (Å²) in [7, 11) is 0. The van der Waals surface area contributed by atoms with Gasteiger partial charge in [0, 0.05) is 18.2 Å². The molecule has 2 unspecified atom stereocenters. The maximum atomic E-state index is 13.3. The largest absolute Gasteiger partial charge is 0.481 e. The molecule has 2 aromatic rings. The topological polar surface area (TPSA) is 127 Å². The zero-order valence-corrected chi connectivity index (χ0v) is 18.7. The van der Waals surface area contributed by atoms with Gasteiger partial charge in [-0.1, -0.05) is 42.5 Å². The van der Waals surface area contributed by atoms with Crippen molar-refractivity contribution < 1.29 is 19.5 Å². The molecule has 0 spiro atoms. The van der Waals surface area contributed by atoms with Gasteiger partial charge in [-0.15, -0.1) is 0 Å². The molecular weight excluding hydrogens is 418 g/mol. The van der Waals surface area contributed by atoms with Crippen LogP contribution in [0.3, 0.4) is 0 Å². The second kappa shape index (κ2) is 9.85. The van der Waals surface area contributed by atoms with Crippen molar-refractivity contribution in [3.63, 3.8) is 0 Å². The monoisotopic (exact) mass is 449 g/mol. The van der Waals surface area contributed by atoms with Gasteiger partial charge >= 0.3 is 5.97 Å². The second-order valence-electron chi connectivity index (χ2n) is 9.26. The molecule has 1 amide bonds. The lowest BCUT2D eigenvalue weighted by molar-refractivity contribution is -0.142. The van der Waals surface area contributed by atoms with E-state index in [1.807, 2.05) is 42.5 Å². The number of ketones is 1. The third kappa shape index (κ3) is 5.15. The number of hydrogen-bond donors (Lipinski definition) is 3. The van der Waals surface area contributed by atoms with E-state index in [4.69, 9.17) is 11.5 Å². The van der Waals surface area contributed by atoms with Crippen molar-refractivity contribution in [1.29, 1.82) is 0 Å². The molecule has 4 atom stereocenters. The van der Waals surface area contributed by atoms with Crippen LogP contribution in [0, 0.1) is 5.92 Å². The van der Waals surface area contributed by atoms with Crippen LogP contribution in [0.1, 0.15) is 46.3 Å². The molecule has 0 radical (unpaired) electrons. The van der Waals surface area contributed by atoms with Crippen molar-refractivity contribution in [2.24, 2.45) is 17.4 Å². The van der Waals surface area contributed by atoms with Crippen LogP contribution in [0.15, 0.2) is 48.5 Å². The average Bonchev–Trinajstić information content (AvgIpc) is 3.31. The van der Waals surface area contributed by atoms with Gasteiger partial charge in [-0.25, -0.2) is 0 Å². The molecule has 1 aliphatic heterocycles. The number of nitrogens with two attached hydrogens (primary N) is 2. The van der Waals surface area contributed by atoms with Crippen LogP contribution in [-0.2, 0) is 28.9 Å². The number of hydrogen-bond acceptors (Lipinski definition) is 5. The summed E-state index contributed by atoms with van der Waals surface area (Å²) in [5.74, 6) is -2.12. The van der Waals surface area contributed by atoms with Crippen LogP contribution >= 0.6 is 0 Å². The van der Waals surface area contributed by atoms with Crippen LogP contribution < -0.4 is 11.5 Å². The van der Waals surface area contributed by atoms with E-state index in [-0.39, 0.29) is 30.6 Å². The molecule has 2 aromatic carbocycles. The molecule has 1 aliphatic carbocycles. The van der Waals surface area contributed by atoms with Crippen LogP contribution in [0.25, 0.3) is 0 Å². The van der Waals surface area contributed by atoms with Crippen LogP contribution in [0.4, 0.5) is 0 Å². The zero-order chi connectivity index (χ0) is 23.5. The Hall–Kier alpha value is -3.03. The van der Waals surface area contributed by atoms with Gasteiger partial charge in [0.05, 0.1) is 24.4 Å². The van der Waals surface area contributed by atoms with E-state index >= 15 is 0 Å². The fourth-order valence-electron chi connectivity index (χ4n) is 5.19. The number of rotatable bonds is 9. The SMILES string of the molecule is NC1Cc2ccc(C(=O)C(N)[C@@H]3C[C@@H](CC(=O)O)C(=O)N3CCCc3ccccc3)cc2C1. The van der Waals surface area contributed by atoms with Gasteiger partial charge in [-0.05, 0) is 54.9 Å². The van der Waals surface area contributed by atoms with E-state index in [0.717, 1.165) is 30.4 Å². The van der Waals surface area contributed by atoms with Gasteiger partial charge in [0.1, 0.15) is 0 Å². The number of carboxylic acids is 1. The van der Waals surface area contributed by atoms with Crippen LogP contribution in [-0.4, -0.2) is 52.3 Å². The summed E-state index contributed by atoms with van der Waals surface area (Å²) in [4.78, 5) is 39.2. The number of likely N-dealkylation sites (tertiary alicyclic amines) is 1. The summed E-state index contributed by atoms with van der Waals surface area (Å²) in [6, 6.07) is 14.2. The fraction of sp³-hybridized carbons (Fsp3) is 0.423. The van der Waals surface area contributed by atoms with Crippen molar-refractivity contribution >= 4 is 17.7 Å². The fourth-order valence-corrected chi connectivity index (χ4v) is 5.19. The molecule has 0 bridgehead atoms. The van der Waals surface area contributed by atoms with E-state index in [2.05, 4.69) is 0 Å². The van der Waals surface area contributed by atoms with Gasteiger partial charge in [0.25, 0.3) is 0 Å². The third-order valence-electron chi connectivity index (χ3n) is 6.86. The molecule has 4 rings (SSSR count). The minimum atomic E-state index is -1.02. The molecule has 7 heteroatoms. The Bertz CT molecular complexity index is 1040. The summed E-state index contributed by atoms with van der Waals surface area (Å²) < 4.78 is 0. The molecular formula is C26H31N3O4. The smallest absolute Gasteiger partial charge is 0.304 e. The number of carbonyl (C=O) groups excluding carboxylic acids is 2. The van der Waals surface area contributed by atoms with Crippen molar-refractivity contribution in [2.75, 3.05) is 6.54 Å². The van der Waals surface area contributed by atoms with Crippen molar-refractivity contribution in [2.45, 2.75) is 56.7 Å². The Kier molecular flexibility index (Phi) is 6.91. The number of aryl methyl sites for hydroxylation is 1. The maximum Gasteiger partial charge on any atom is 0.304 e. The predicted molar refractivity (Wildman–Crippen MR) is 125 cm³/mol. The summed E-state index contributed by atoms with van der Waals surface area (Å²) in [6.07, 6.45) is 3.07. The van der Waals surface area contributed by atoms with Gasteiger partial charge in [0.2, 0.25) is 5.91 Å². The second-order valence-corrected chi connectivity index (χ2v) is 9.26. The van der Waals surface area contributed by atoms with Crippen molar-refractivity contribution in [1.82, 2.24) is 4.90 Å². The van der Waals surface area contributed by atoms with Crippen LogP contribution in [0.2, 0.25) is 0 Å². The van der Waals surface area contributed by atoms with Crippen molar-refractivity contribution in [3.05, 3.63) is 70.8 Å². The number of fused-ring (bicyclic) bond motifs is 1. The van der Waals surface area contributed by atoms with Gasteiger partial charge in [-0.2, -0.15) is 0 Å². The number of amides is 1. The highest BCUT2D eigenvalue weighted by Gasteiger charge is 2.44. The first-order valence-electron chi connectivity index (χ1n) is 11.6. The normalized spacial score (nSPS) is 22.9. The molecule has 2 aliphatic rings. The average molecular weight is 450 g/mol. The highest BCUT2D eigenvalue weighted by atomic mass is 16.4. The number of carbonyl (C=O) groups is 3. The molecule has 1 heterocycles. The Morgan fingerprint density at radius 3 is 2.55 bits per heavy atom. The van der Waals surface area contributed by atoms with E-state index in [0.29, 0.717) is 18.5 Å². The summed E-state index contributed by atoms with van der Waals surface area (Å²) >= 11 is 0. The Balaban J connectivity index is 1.49. The molecule has 5 N–H and O–H groups in total. The lowest BCUT2D eigenvalue weighted by Crippen LogP contribution is -2.50. The van der Waals surface area contributed by atoms with Gasteiger partial charge in [0.15, 0.2) is 5.78 Å². The Labute approximate surface area is 193 Å². The number of aliphatic carboxylic acids is 1. The summed E-state index contributed by atoms with van der Waals surface area (Å²) in [6.45, 7) is 0.439. The van der Waals surface area contributed by atoms with Crippen molar-refractivity contribution in [3.8, 4) is 0 Å². The molecule has 1 saturated heterocycles. The number of nitrogens with zero attached hydrogens (tertiary/aromatic N) is 1. The molecule has 0 aromatic heterocycles. The molecule has 0 saturated carbocycles. The zero-order valence-electron chi connectivity index (χ0n) is 18.7. The highest BCUT2D eigenvalue weighted by Crippen LogP contribution is 2.31. The third-order valence-corrected chi connectivity index (χ3v) is 6.86. The lowest BCUT2D eigenvalue weighted by Gasteiger charge is -2.29. The number of benzene rings is 2. The van der Waals surface area contributed by atoms with E-state index in [1.165, 1.54) is 5.56 Å². The standard InChI is InChI=1S/C26H31N3O4/c27-21-12-17-8-9-18(11-19(17)13-21)25(32)24(28)22-14-20(15-23(30)31)26(33)29(22)10-4-7-16-5-2-1-3-6-16/h1-3,5-6,8-9,11,20-22,24H,4,7,10,12-15,27-28H2,(H,30,31)/t20-,21?,22-,24?/m0/s1.